The third-order valence-electron chi connectivity index (χ3n) is 3.92. The number of nitrogens with zero attached hydrogens (tertiary/aromatic N) is 3. The number of fused-ring (bicyclic) bond motifs is 1. The molecule has 2 aromatic rings. The molecule has 155 valence electrons. The SMILES string of the molecule is O=C([O-])CN(CCN(CC(=O)[O-])Cc1ccc2cccc([O-])c2n1)CC(=O)[O-].[Gd+3]. The molecule has 1 radical (unpaired) electrons. The van der Waals surface area contributed by atoms with Crippen LogP contribution in [0.1, 0.15) is 5.69 Å². The van der Waals surface area contributed by atoms with Crippen molar-refractivity contribution in [1.29, 1.82) is 0 Å². The quantitative estimate of drug-likeness (QED) is 0.270. The van der Waals surface area contributed by atoms with E-state index in [4.69, 9.17) is 0 Å². The first-order chi connectivity index (χ1) is 13.2. The molecule has 1 aromatic heterocycles. The number of aliphatic carboxylic acids is 3. The van der Waals surface area contributed by atoms with Gasteiger partial charge in [-0.2, -0.15) is 0 Å². The van der Waals surface area contributed by atoms with Gasteiger partial charge in [0, 0.05) is 39.3 Å². The predicted octanol–water partition coefficient (Wildman–Crippen LogP) is -4.34. The Morgan fingerprint density at radius 1 is 0.828 bits per heavy atom. The van der Waals surface area contributed by atoms with E-state index < -0.39 is 37.5 Å². The summed E-state index contributed by atoms with van der Waals surface area (Å²) < 4.78 is 0. The van der Waals surface area contributed by atoms with Gasteiger partial charge in [0.2, 0.25) is 0 Å². The Morgan fingerprint density at radius 3 is 1.97 bits per heavy atom. The molecule has 11 heteroatoms. The maximum absolute atomic E-state index is 11.9. The maximum atomic E-state index is 11.9. The average Bonchev–Trinajstić information content (AvgIpc) is 2.59. The Hall–Kier alpha value is -1.92. The molecular weight excluding hydrogens is 527 g/mol. The van der Waals surface area contributed by atoms with Crippen molar-refractivity contribution >= 4 is 28.8 Å². The Morgan fingerprint density at radius 2 is 1.38 bits per heavy atom. The molecule has 0 aliphatic carbocycles. The van der Waals surface area contributed by atoms with E-state index in [9.17, 15) is 34.8 Å². The van der Waals surface area contributed by atoms with E-state index in [0.29, 0.717) is 11.1 Å². The summed E-state index contributed by atoms with van der Waals surface area (Å²) in [7, 11) is 0. The normalized spacial score (nSPS) is 10.8. The second kappa shape index (κ2) is 11.9. The second-order valence-corrected chi connectivity index (χ2v) is 6.17. The first-order valence-electron chi connectivity index (χ1n) is 8.34. The number of hydrogen-bond donors (Lipinski definition) is 0. The van der Waals surface area contributed by atoms with E-state index >= 15 is 0 Å². The maximum Gasteiger partial charge on any atom is 3.00 e. The van der Waals surface area contributed by atoms with E-state index in [1.165, 1.54) is 11.0 Å². The van der Waals surface area contributed by atoms with E-state index in [1.54, 1.807) is 24.3 Å². The van der Waals surface area contributed by atoms with Crippen molar-refractivity contribution < 1.29 is 74.8 Å². The summed E-state index contributed by atoms with van der Waals surface area (Å²) in [4.78, 5) is 39.2. The van der Waals surface area contributed by atoms with Gasteiger partial charge in [0.15, 0.2) is 0 Å². The summed E-state index contributed by atoms with van der Waals surface area (Å²) >= 11 is 0. The summed E-state index contributed by atoms with van der Waals surface area (Å²) in [6.07, 6.45) is 0. The zero-order valence-corrected chi connectivity index (χ0v) is 17.5. The molecule has 0 amide bonds. The molecule has 2 rings (SSSR count). The van der Waals surface area contributed by atoms with Crippen molar-refractivity contribution in [2.24, 2.45) is 0 Å². The zero-order valence-electron chi connectivity index (χ0n) is 15.2. The van der Waals surface area contributed by atoms with Crippen LogP contribution in [0.2, 0.25) is 0 Å². The molecule has 0 fully saturated rings. The predicted molar refractivity (Wildman–Crippen MR) is 87.9 cm³/mol. The van der Waals surface area contributed by atoms with Gasteiger partial charge >= 0.3 is 39.9 Å². The Balaban J connectivity index is 0.00000420. The van der Waals surface area contributed by atoms with Gasteiger partial charge in [0.25, 0.3) is 0 Å². The summed E-state index contributed by atoms with van der Waals surface area (Å²) in [6.45, 7) is -1.75. The molecule has 0 N–H and O–H groups in total. The van der Waals surface area contributed by atoms with Crippen LogP contribution in [0, 0.1) is 39.9 Å². The molecule has 0 unspecified atom stereocenters. The third-order valence-corrected chi connectivity index (χ3v) is 3.92. The van der Waals surface area contributed by atoms with Gasteiger partial charge in [-0.1, -0.05) is 30.0 Å². The number of carbonyl (C=O) groups is 3. The molecule has 10 nitrogen and oxygen atoms in total. The van der Waals surface area contributed by atoms with Crippen LogP contribution in [-0.2, 0) is 20.9 Å². The first kappa shape index (κ1) is 25.1. The number of benzene rings is 1. The van der Waals surface area contributed by atoms with Crippen LogP contribution >= 0.6 is 0 Å². The zero-order chi connectivity index (χ0) is 20.7. The van der Waals surface area contributed by atoms with Crippen molar-refractivity contribution in [1.82, 2.24) is 14.8 Å². The smallest absolute Gasteiger partial charge is 0.871 e. The number of carboxylic acid groups (broad SMARTS) is 3. The number of carboxylic acids is 3. The van der Waals surface area contributed by atoms with E-state index in [1.807, 2.05) is 0 Å². The Labute approximate surface area is 198 Å². The number of para-hydroxylation sites is 1. The molecule has 0 aliphatic heterocycles. The summed E-state index contributed by atoms with van der Waals surface area (Å²) in [6, 6.07) is 8.04. The van der Waals surface area contributed by atoms with Gasteiger partial charge < -0.3 is 34.8 Å². The number of aromatic nitrogens is 1. The molecule has 0 saturated heterocycles. The molecule has 0 saturated carbocycles. The number of hydrogen-bond acceptors (Lipinski definition) is 10. The van der Waals surface area contributed by atoms with Gasteiger partial charge in [-0.3, -0.25) is 14.8 Å². The summed E-state index contributed by atoms with van der Waals surface area (Å²) in [5, 5.41) is 45.1. The minimum absolute atomic E-state index is 0. The van der Waals surface area contributed by atoms with Gasteiger partial charge in [-0.25, -0.2) is 0 Å². The molecule has 1 heterocycles. The van der Waals surface area contributed by atoms with Gasteiger partial charge in [-0.15, -0.1) is 0 Å². The second-order valence-electron chi connectivity index (χ2n) is 6.17. The fourth-order valence-electron chi connectivity index (χ4n) is 2.74. The van der Waals surface area contributed by atoms with Gasteiger partial charge in [0.1, 0.15) is 0 Å². The van der Waals surface area contributed by atoms with Crippen molar-refractivity contribution in [3.05, 3.63) is 36.0 Å². The molecular formula is C18H17GdN3O7-. The molecule has 0 atom stereocenters. The van der Waals surface area contributed by atoms with E-state index in [2.05, 4.69) is 4.98 Å². The van der Waals surface area contributed by atoms with Crippen molar-refractivity contribution in [2.75, 3.05) is 32.7 Å². The van der Waals surface area contributed by atoms with Crippen molar-refractivity contribution in [3.63, 3.8) is 0 Å². The van der Waals surface area contributed by atoms with Crippen molar-refractivity contribution in [3.8, 4) is 5.75 Å². The summed E-state index contributed by atoms with van der Waals surface area (Å²) in [5.41, 5.74) is 0.687. The van der Waals surface area contributed by atoms with Crippen LogP contribution < -0.4 is 20.4 Å². The fourth-order valence-corrected chi connectivity index (χ4v) is 2.74. The van der Waals surface area contributed by atoms with Crippen LogP contribution in [0.25, 0.3) is 10.9 Å². The number of carbonyl (C=O) groups excluding carboxylic acids is 3. The number of pyridine rings is 1. The minimum Gasteiger partial charge on any atom is -0.871 e. The Kier molecular flexibility index (Phi) is 10.3. The Bertz CT molecular complexity index is 862. The van der Waals surface area contributed by atoms with Crippen LogP contribution in [0.5, 0.6) is 5.75 Å². The monoisotopic (exact) mass is 545 g/mol. The third kappa shape index (κ3) is 8.54. The van der Waals surface area contributed by atoms with E-state index in [-0.39, 0.29) is 70.8 Å². The van der Waals surface area contributed by atoms with Crippen LogP contribution in [-0.4, -0.2) is 65.4 Å². The topological polar surface area (TPSA) is 163 Å². The van der Waals surface area contributed by atoms with Crippen molar-refractivity contribution in [2.45, 2.75) is 6.54 Å². The molecule has 1 aromatic carbocycles. The molecule has 0 bridgehead atoms. The standard InChI is InChI=1S/C18H21N3O7.Gd/c22-14-3-1-2-12-4-5-13(19-18(12)14)8-20(9-15(23)24)6-7-21(10-16(25)26)11-17(27)28;/h1-5,22H,6-11H2,(H,23,24)(H,25,26)(H,27,28);/q;+3/p-4. The molecule has 0 spiro atoms. The van der Waals surface area contributed by atoms with Crippen LogP contribution in [0.3, 0.4) is 0 Å². The van der Waals surface area contributed by atoms with Crippen LogP contribution in [0.4, 0.5) is 0 Å². The largest absolute Gasteiger partial charge is 3.00 e. The van der Waals surface area contributed by atoms with Crippen LogP contribution in [0.15, 0.2) is 30.3 Å². The molecule has 0 aliphatic rings. The minimum atomic E-state index is -1.47. The first-order valence-corrected chi connectivity index (χ1v) is 8.34. The van der Waals surface area contributed by atoms with E-state index in [0.717, 1.165) is 4.90 Å². The van der Waals surface area contributed by atoms with Gasteiger partial charge in [0.05, 0.1) is 29.1 Å². The van der Waals surface area contributed by atoms with Gasteiger partial charge in [-0.05, 0) is 11.5 Å². The summed E-state index contributed by atoms with van der Waals surface area (Å²) in [5.74, 6) is -4.56. The number of rotatable bonds is 11. The fraction of sp³-hybridized carbons (Fsp3) is 0.333. The average molecular weight is 545 g/mol. The molecule has 29 heavy (non-hydrogen) atoms.